The summed E-state index contributed by atoms with van der Waals surface area (Å²) >= 11 is 10.1. The lowest BCUT2D eigenvalue weighted by molar-refractivity contribution is 0.0599. The third kappa shape index (κ3) is 2.47. The summed E-state index contributed by atoms with van der Waals surface area (Å²) in [6.45, 7) is 0. The van der Waals surface area contributed by atoms with E-state index < -0.39 is 5.97 Å². The standard InChI is InChI=1S/C8H5ClI2O2/c1-13-8(12)6-4(9)2-3-5(10)7(6)11/h2-3H,1H3. The van der Waals surface area contributed by atoms with Crippen LogP contribution < -0.4 is 0 Å². The van der Waals surface area contributed by atoms with E-state index in [-0.39, 0.29) is 0 Å². The second-order valence-electron chi connectivity index (χ2n) is 2.21. The van der Waals surface area contributed by atoms with E-state index >= 15 is 0 Å². The first-order chi connectivity index (χ1) is 6.07. The maximum Gasteiger partial charge on any atom is 0.340 e. The number of carbonyl (C=O) groups is 1. The molecule has 0 bridgehead atoms. The van der Waals surface area contributed by atoms with Crippen molar-refractivity contribution in [2.24, 2.45) is 0 Å². The summed E-state index contributed by atoms with van der Waals surface area (Å²) in [5.41, 5.74) is 0.441. The first-order valence-electron chi connectivity index (χ1n) is 3.29. The Labute approximate surface area is 108 Å². The van der Waals surface area contributed by atoms with Crippen molar-refractivity contribution >= 4 is 62.8 Å². The van der Waals surface area contributed by atoms with E-state index in [0.717, 1.165) is 7.14 Å². The Morgan fingerprint density at radius 1 is 1.46 bits per heavy atom. The topological polar surface area (TPSA) is 26.3 Å². The van der Waals surface area contributed by atoms with Crippen LogP contribution in [0.3, 0.4) is 0 Å². The van der Waals surface area contributed by atoms with Gasteiger partial charge in [0.25, 0.3) is 0 Å². The number of halogens is 3. The molecule has 0 atom stereocenters. The largest absolute Gasteiger partial charge is 0.465 e. The monoisotopic (exact) mass is 422 g/mol. The molecule has 5 heteroatoms. The highest BCUT2D eigenvalue weighted by atomic mass is 127. The van der Waals surface area contributed by atoms with E-state index in [1.807, 2.05) is 6.07 Å². The van der Waals surface area contributed by atoms with Gasteiger partial charge >= 0.3 is 5.97 Å². The molecular weight excluding hydrogens is 417 g/mol. The average Bonchev–Trinajstić information content (AvgIpc) is 2.12. The van der Waals surface area contributed by atoms with Gasteiger partial charge in [0.15, 0.2) is 0 Å². The quantitative estimate of drug-likeness (QED) is 0.394. The third-order valence-corrected chi connectivity index (χ3v) is 4.80. The summed E-state index contributed by atoms with van der Waals surface area (Å²) in [6, 6.07) is 3.55. The van der Waals surface area contributed by atoms with Crippen molar-refractivity contribution in [3.05, 3.63) is 29.9 Å². The number of carbonyl (C=O) groups excluding carboxylic acids is 1. The molecule has 0 saturated heterocycles. The normalized spacial score (nSPS) is 9.85. The average molecular weight is 422 g/mol. The molecule has 0 radical (unpaired) electrons. The molecule has 0 aliphatic carbocycles. The first-order valence-corrected chi connectivity index (χ1v) is 5.83. The molecule has 0 amide bonds. The molecule has 0 saturated carbocycles. The van der Waals surface area contributed by atoms with Gasteiger partial charge in [0.1, 0.15) is 0 Å². The van der Waals surface area contributed by atoms with Crippen LogP contribution in [0.15, 0.2) is 12.1 Å². The maximum absolute atomic E-state index is 11.3. The predicted octanol–water partition coefficient (Wildman–Crippen LogP) is 3.34. The van der Waals surface area contributed by atoms with Crippen molar-refractivity contribution in [3.63, 3.8) is 0 Å². The molecule has 2 nitrogen and oxygen atoms in total. The van der Waals surface area contributed by atoms with E-state index in [9.17, 15) is 4.79 Å². The van der Waals surface area contributed by atoms with Crippen LogP contribution in [0, 0.1) is 7.14 Å². The Balaban J connectivity index is 3.33. The second kappa shape index (κ2) is 4.79. The molecule has 1 rings (SSSR count). The first kappa shape index (κ1) is 11.5. The van der Waals surface area contributed by atoms with Gasteiger partial charge in [-0.1, -0.05) is 11.6 Å². The molecule has 70 valence electrons. The van der Waals surface area contributed by atoms with Gasteiger partial charge in [-0.05, 0) is 57.3 Å². The molecule has 0 fully saturated rings. The zero-order chi connectivity index (χ0) is 10.0. The number of benzene rings is 1. The fraction of sp³-hybridized carbons (Fsp3) is 0.125. The molecule has 0 heterocycles. The molecule has 0 N–H and O–H groups in total. The number of rotatable bonds is 1. The fourth-order valence-corrected chi connectivity index (χ4v) is 2.35. The number of hydrogen-bond donors (Lipinski definition) is 0. The highest BCUT2D eigenvalue weighted by molar-refractivity contribution is 14.1. The number of esters is 1. The van der Waals surface area contributed by atoms with Crippen molar-refractivity contribution in [2.45, 2.75) is 0 Å². The van der Waals surface area contributed by atoms with Crippen molar-refractivity contribution in [2.75, 3.05) is 7.11 Å². The Morgan fingerprint density at radius 3 is 2.62 bits per heavy atom. The molecule has 0 spiro atoms. The summed E-state index contributed by atoms with van der Waals surface area (Å²) in [7, 11) is 1.34. The molecule has 0 unspecified atom stereocenters. The van der Waals surface area contributed by atoms with Gasteiger partial charge in [0, 0.05) is 7.14 Å². The molecule has 0 aliphatic heterocycles. The number of ether oxygens (including phenoxy) is 1. The van der Waals surface area contributed by atoms with Gasteiger partial charge in [0.05, 0.1) is 17.7 Å². The Kier molecular flexibility index (Phi) is 4.24. The highest BCUT2D eigenvalue weighted by Crippen LogP contribution is 2.26. The van der Waals surface area contributed by atoms with Crippen molar-refractivity contribution < 1.29 is 9.53 Å². The second-order valence-corrected chi connectivity index (χ2v) is 4.86. The molecular formula is C8H5ClI2O2. The van der Waals surface area contributed by atoms with Crippen LogP contribution in [-0.4, -0.2) is 13.1 Å². The summed E-state index contributed by atoms with van der Waals surface area (Å²) in [5, 5.41) is 0.427. The van der Waals surface area contributed by atoms with Gasteiger partial charge < -0.3 is 4.74 Å². The minimum absolute atomic E-state index is 0.395. The summed E-state index contributed by atoms with van der Waals surface area (Å²) in [6.07, 6.45) is 0. The van der Waals surface area contributed by atoms with Gasteiger partial charge in [-0.15, -0.1) is 0 Å². The van der Waals surface area contributed by atoms with Crippen molar-refractivity contribution in [1.82, 2.24) is 0 Å². The van der Waals surface area contributed by atoms with E-state index in [1.54, 1.807) is 6.07 Å². The number of methoxy groups -OCH3 is 1. The van der Waals surface area contributed by atoms with E-state index in [4.69, 9.17) is 11.6 Å². The molecule has 0 aliphatic rings. The Hall–Kier alpha value is 0.440. The minimum atomic E-state index is -0.395. The smallest absolute Gasteiger partial charge is 0.340 e. The molecule has 1 aromatic rings. The van der Waals surface area contributed by atoms with Crippen molar-refractivity contribution in [1.29, 1.82) is 0 Å². The fourth-order valence-electron chi connectivity index (χ4n) is 0.816. The van der Waals surface area contributed by atoms with E-state index in [2.05, 4.69) is 49.9 Å². The van der Waals surface area contributed by atoms with Gasteiger partial charge in [-0.3, -0.25) is 0 Å². The van der Waals surface area contributed by atoms with Crippen LogP contribution in [0.2, 0.25) is 5.02 Å². The van der Waals surface area contributed by atoms with Gasteiger partial charge in [-0.2, -0.15) is 0 Å². The lowest BCUT2D eigenvalue weighted by atomic mass is 10.2. The summed E-state index contributed by atoms with van der Waals surface area (Å²) in [4.78, 5) is 11.3. The predicted molar refractivity (Wildman–Crippen MR) is 68.2 cm³/mol. The lowest BCUT2D eigenvalue weighted by Gasteiger charge is -2.05. The van der Waals surface area contributed by atoms with Crippen LogP contribution in [0.5, 0.6) is 0 Å². The number of hydrogen-bond acceptors (Lipinski definition) is 2. The molecule has 0 aromatic heterocycles. The lowest BCUT2D eigenvalue weighted by Crippen LogP contribution is -2.05. The van der Waals surface area contributed by atoms with E-state index in [1.165, 1.54) is 7.11 Å². The maximum atomic E-state index is 11.3. The van der Waals surface area contributed by atoms with Crippen molar-refractivity contribution in [3.8, 4) is 0 Å². The summed E-state index contributed by atoms with van der Waals surface area (Å²) in [5.74, 6) is -0.395. The Morgan fingerprint density at radius 2 is 2.08 bits per heavy atom. The zero-order valence-corrected chi connectivity index (χ0v) is 11.7. The third-order valence-electron chi connectivity index (χ3n) is 1.43. The SMILES string of the molecule is COC(=O)c1c(Cl)ccc(I)c1I. The molecule has 1 aromatic carbocycles. The van der Waals surface area contributed by atoms with Crippen LogP contribution in [0.1, 0.15) is 10.4 Å². The highest BCUT2D eigenvalue weighted by Gasteiger charge is 2.16. The minimum Gasteiger partial charge on any atom is -0.465 e. The van der Waals surface area contributed by atoms with Crippen LogP contribution in [-0.2, 0) is 4.74 Å². The van der Waals surface area contributed by atoms with Crippen LogP contribution >= 0.6 is 56.8 Å². The summed E-state index contributed by atoms with van der Waals surface area (Å²) < 4.78 is 6.44. The van der Waals surface area contributed by atoms with E-state index in [0.29, 0.717) is 10.6 Å². The van der Waals surface area contributed by atoms with Crippen LogP contribution in [0.25, 0.3) is 0 Å². The van der Waals surface area contributed by atoms with Crippen LogP contribution in [0.4, 0.5) is 0 Å². The Bertz CT molecular complexity index is 352. The van der Waals surface area contributed by atoms with Gasteiger partial charge in [-0.25, -0.2) is 4.79 Å². The molecule has 13 heavy (non-hydrogen) atoms. The zero-order valence-electron chi connectivity index (χ0n) is 6.61. The van der Waals surface area contributed by atoms with Gasteiger partial charge in [0.2, 0.25) is 0 Å².